The number of alkyl halides is 1. The molecule has 3 rings (SSSR count). The van der Waals surface area contributed by atoms with E-state index in [9.17, 15) is 14.4 Å². The van der Waals surface area contributed by atoms with Crippen molar-refractivity contribution < 1.29 is 19.1 Å². The van der Waals surface area contributed by atoms with Crippen LogP contribution in [0.5, 0.6) is 0 Å². The van der Waals surface area contributed by atoms with Crippen molar-refractivity contribution in [2.75, 3.05) is 17.3 Å². The Labute approximate surface area is 132 Å². The maximum absolute atomic E-state index is 12.1. The van der Waals surface area contributed by atoms with E-state index in [4.69, 9.17) is 16.3 Å². The summed E-state index contributed by atoms with van der Waals surface area (Å²) >= 11 is 5.58. The Bertz CT molecular complexity index is 661. The predicted molar refractivity (Wildman–Crippen MR) is 80.4 cm³/mol. The van der Waals surface area contributed by atoms with Crippen LogP contribution in [0.2, 0.25) is 0 Å². The van der Waals surface area contributed by atoms with Crippen LogP contribution in [0.15, 0.2) is 18.2 Å². The summed E-state index contributed by atoms with van der Waals surface area (Å²) in [6.07, 6.45) is -0.221. The van der Waals surface area contributed by atoms with Gasteiger partial charge in [0, 0.05) is 12.5 Å². The average molecular weight is 323 g/mol. The van der Waals surface area contributed by atoms with Gasteiger partial charge in [-0.05, 0) is 30.2 Å². The lowest BCUT2D eigenvalue weighted by atomic mass is 10.0. The molecule has 2 heterocycles. The topological polar surface area (TPSA) is 75.7 Å². The molecule has 2 aliphatic heterocycles. The highest BCUT2D eigenvalue weighted by Crippen LogP contribution is 2.39. The first-order valence-corrected chi connectivity index (χ1v) is 7.51. The number of Topliss-reactive ketones (excluding diaryl/α,β-unsaturated/α-hetero) is 1. The number of halogens is 1. The molecule has 0 saturated carbocycles. The van der Waals surface area contributed by atoms with Crippen molar-refractivity contribution in [2.24, 2.45) is 0 Å². The number of carbonyl (C=O) groups is 3. The first-order chi connectivity index (χ1) is 10.5. The Morgan fingerprint density at radius 3 is 2.91 bits per heavy atom. The van der Waals surface area contributed by atoms with Gasteiger partial charge in [-0.25, -0.2) is 4.79 Å². The zero-order valence-corrected chi connectivity index (χ0v) is 12.7. The fraction of sp³-hybridized carbons (Fsp3) is 0.400. The molecule has 0 bridgehead atoms. The zero-order valence-electron chi connectivity index (χ0n) is 12.0. The lowest BCUT2D eigenvalue weighted by Gasteiger charge is -2.16. The number of nitrogens with one attached hydrogen (secondary N) is 1. The highest BCUT2D eigenvalue weighted by molar-refractivity contribution is 6.30. The van der Waals surface area contributed by atoms with Gasteiger partial charge in [0.2, 0.25) is 5.91 Å². The van der Waals surface area contributed by atoms with Crippen molar-refractivity contribution in [3.05, 3.63) is 29.3 Å². The Kier molecular flexibility index (Phi) is 3.78. The third kappa shape index (κ3) is 2.43. The Balaban J connectivity index is 1.84. The van der Waals surface area contributed by atoms with E-state index in [-0.39, 0.29) is 30.2 Å². The largest absolute Gasteiger partial charge is 0.442 e. The number of rotatable bonds is 4. The number of fused-ring (bicyclic) bond motifs is 3. The molecule has 1 fully saturated rings. The maximum atomic E-state index is 12.1. The third-order valence-corrected chi connectivity index (χ3v) is 4.22. The molecule has 0 unspecified atom stereocenters. The van der Waals surface area contributed by atoms with E-state index in [0.717, 1.165) is 11.3 Å². The predicted octanol–water partition coefficient (Wildman–Crippen LogP) is 1.49. The van der Waals surface area contributed by atoms with Gasteiger partial charge in [0.1, 0.15) is 6.10 Å². The second-order valence-corrected chi connectivity index (χ2v) is 5.67. The van der Waals surface area contributed by atoms with E-state index in [1.54, 1.807) is 23.1 Å². The van der Waals surface area contributed by atoms with Gasteiger partial charge in [0.05, 0.1) is 24.2 Å². The maximum Gasteiger partial charge on any atom is 0.415 e. The summed E-state index contributed by atoms with van der Waals surface area (Å²) in [7, 11) is 0. The quantitative estimate of drug-likeness (QED) is 0.673. The van der Waals surface area contributed by atoms with Gasteiger partial charge in [0.25, 0.3) is 0 Å². The van der Waals surface area contributed by atoms with Crippen molar-refractivity contribution in [3.63, 3.8) is 0 Å². The number of benzene rings is 1. The number of carbonyl (C=O) groups excluding carboxylic acids is 3. The summed E-state index contributed by atoms with van der Waals surface area (Å²) in [6.45, 7) is 1.70. The van der Waals surface area contributed by atoms with Gasteiger partial charge < -0.3 is 10.1 Å². The molecular weight excluding hydrogens is 308 g/mol. The minimum atomic E-state index is -0.421. The molecule has 2 amide bonds. The standard InChI is InChI=1S/C15H15ClN2O4/c1-8(19)17-7-14-12-5-10-4-9(13(20)6-16)2-3-11(10)18(12)15(21)22-14/h2-4,12,14H,5-7H2,1H3,(H,17,19)/t12-,14-/m0/s1. The van der Waals surface area contributed by atoms with Crippen molar-refractivity contribution >= 4 is 35.1 Å². The van der Waals surface area contributed by atoms with Gasteiger partial charge in [-0.2, -0.15) is 0 Å². The summed E-state index contributed by atoms with van der Waals surface area (Å²) in [5.74, 6) is -0.382. The Morgan fingerprint density at radius 1 is 1.45 bits per heavy atom. The van der Waals surface area contributed by atoms with Crippen LogP contribution in [0.3, 0.4) is 0 Å². The molecule has 1 aromatic rings. The fourth-order valence-electron chi connectivity index (χ4n) is 2.95. The Morgan fingerprint density at radius 2 is 2.23 bits per heavy atom. The number of cyclic esters (lactones) is 1. The van der Waals surface area contributed by atoms with E-state index < -0.39 is 12.2 Å². The monoisotopic (exact) mass is 322 g/mol. The number of amides is 2. The average Bonchev–Trinajstić information content (AvgIpc) is 3.01. The third-order valence-electron chi connectivity index (χ3n) is 3.97. The van der Waals surface area contributed by atoms with E-state index in [0.29, 0.717) is 12.0 Å². The second-order valence-electron chi connectivity index (χ2n) is 5.40. The number of anilines is 1. The normalized spacial score (nSPS) is 22.1. The van der Waals surface area contributed by atoms with Crippen LogP contribution in [0.1, 0.15) is 22.8 Å². The number of hydrogen-bond acceptors (Lipinski definition) is 4. The van der Waals surface area contributed by atoms with Crippen molar-refractivity contribution in [1.82, 2.24) is 5.32 Å². The summed E-state index contributed by atoms with van der Waals surface area (Å²) in [6, 6.07) is 5.04. The number of hydrogen-bond donors (Lipinski definition) is 1. The van der Waals surface area contributed by atoms with E-state index in [1.165, 1.54) is 6.92 Å². The first-order valence-electron chi connectivity index (χ1n) is 6.97. The minimum absolute atomic E-state index is 0.0703. The molecule has 116 valence electrons. The number of ketones is 1. The Hall–Kier alpha value is -2.08. The van der Waals surface area contributed by atoms with Gasteiger partial charge in [0.15, 0.2) is 5.78 Å². The van der Waals surface area contributed by atoms with E-state index >= 15 is 0 Å². The smallest absolute Gasteiger partial charge is 0.415 e. The van der Waals surface area contributed by atoms with Gasteiger partial charge >= 0.3 is 6.09 Å². The van der Waals surface area contributed by atoms with Crippen molar-refractivity contribution in [3.8, 4) is 0 Å². The second kappa shape index (κ2) is 5.61. The minimum Gasteiger partial charge on any atom is -0.442 e. The zero-order chi connectivity index (χ0) is 15.9. The number of ether oxygens (including phenoxy) is 1. The van der Waals surface area contributed by atoms with Gasteiger partial charge in [-0.3, -0.25) is 14.5 Å². The van der Waals surface area contributed by atoms with Crippen LogP contribution in [0, 0.1) is 0 Å². The molecule has 0 radical (unpaired) electrons. The van der Waals surface area contributed by atoms with Crippen LogP contribution in [-0.2, 0) is 16.0 Å². The highest BCUT2D eigenvalue weighted by atomic mass is 35.5. The number of nitrogens with zero attached hydrogens (tertiary/aromatic N) is 1. The fourth-order valence-corrected chi connectivity index (χ4v) is 3.10. The van der Waals surface area contributed by atoms with Crippen LogP contribution in [0.4, 0.5) is 10.5 Å². The van der Waals surface area contributed by atoms with E-state index in [1.807, 2.05) is 0 Å². The molecule has 1 N–H and O–H groups in total. The molecule has 1 aromatic carbocycles. The molecule has 2 aliphatic rings. The summed E-state index contributed by atoms with van der Waals surface area (Å²) < 4.78 is 5.32. The van der Waals surface area contributed by atoms with Crippen molar-refractivity contribution in [2.45, 2.75) is 25.5 Å². The van der Waals surface area contributed by atoms with Gasteiger partial charge in [-0.15, -0.1) is 11.6 Å². The highest BCUT2D eigenvalue weighted by Gasteiger charge is 2.47. The molecule has 7 heteroatoms. The molecule has 6 nitrogen and oxygen atoms in total. The van der Waals surface area contributed by atoms with Crippen LogP contribution < -0.4 is 10.2 Å². The SMILES string of the molecule is CC(=O)NC[C@@H]1OC(=O)N2c3ccc(C(=O)CCl)cc3C[C@@H]12. The summed E-state index contributed by atoms with van der Waals surface area (Å²) in [4.78, 5) is 36.4. The lowest BCUT2D eigenvalue weighted by molar-refractivity contribution is -0.119. The van der Waals surface area contributed by atoms with Crippen LogP contribution in [-0.4, -0.2) is 42.4 Å². The molecule has 0 spiro atoms. The van der Waals surface area contributed by atoms with Gasteiger partial charge in [-0.1, -0.05) is 0 Å². The summed E-state index contributed by atoms with van der Waals surface area (Å²) in [5, 5.41) is 2.67. The lowest BCUT2D eigenvalue weighted by Crippen LogP contribution is -2.40. The van der Waals surface area contributed by atoms with Crippen LogP contribution >= 0.6 is 11.6 Å². The molecule has 0 aliphatic carbocycles. The van der Waals surface area contributed by atoms with Crippen molar-refractivity contribution in [1.29, 1.82) is 0 Å². The summed E-state index contributed by atoms with van der Waals surface area (Å²) in [5.41, 5.74) is 2.22. The molecule has 22 heavy (non-hydrogen) atoms. The molecule has 1 saturated heterocycles. The molecule has 2 atom stereocenters. The molecule has 0 aromatic heterocycles. The van der Waals surface area contributed by atoms with E-state index in [2.05, 4.69) is 5.32 Å². The molecular formula is C15H15ClN2O4. The first kappa shape index (κ1) is 14.8. The van der Waals surface area contributed by atoms with Crippen LogP contribution in [0.25, 0.3) is 0 Å².